The summed E-state index contributed by atoms with van der Waals surface area (Å²) in [4.78, 5) is 21.3. The number of hydrogen-bond acceptors (Lipinski definition) is 5. The molecule has 0 aliphatic rings. The Hall–Kier alpha value is -7.80. The third-order valence-electron chi connectivity index (χ3n) is 11.5. The van der Waals surface area contributed by atoms with E-state index < -0.39 is 0 Å². The quantitative estimate of drug-likeness (QED) is 0.169. The van der Waals surface area contributed by atoms with Gasteiger partial charge in [-0.3, -0.25) is 0 Å². The van der Waals surface area contributed by atoms with Gasteiger partial charge in [0.05, 0.1) is 27.1 Å². The normalized spacial score (nSPS) is 11.7. The van der Waals surface area contributed by atoms with Gasteiger partial charge in [-0.2, -0.15) is 0 Å². The molecule has 12 aromatic rings. The Balaban J connectivity index is 0.962. The van der Waals surface area contributed by atoms with Crippen LogP contribution >= 0.6 is 11.3 Å². The molecule has 0 spiro atoms. The number of thiophene rings is 1. The first-order chi connectivity index (χ1) is 29.7. The second kappa shape index (κ2) is 13.9. The Morgan fingerprint density at radius 2 is 0.850 bits per heavy atom. The number of benzene rings is 8. The summed E-state index contributed by atoms with van der Waals surface area (Å²) in [5, 5.41) is 7.41. The molecule has 0 N–H and O–H groups in total. The molecule has 0 saturated carbocycles. The molecule has 4 heterocycles. The molecule has 8 aromatic carbocycles. The Kier molecular flexibility index (Phi) is 7.96. The highest BCUT2D eigenvalue weighted by Crippen LogP contribution is 2.48. The average molecular weight is 784 g/mol. The van der Waals surface area contributed by atoms with Crippen LogP contribution < -0.4 is 0 Å². The molecule has 12 rings (SSSR count). The fourth-order valence-corrected chi connectivity index (χ4v) is 9.97. The lowest BCUT2D eigenvalue weighted by Gasteiger charge is -2.11. The van der Waals surface area contributed by atoms with E-state index in [4.69, 9.17) is 19.9 Å². The molecule has 4 aromatic heterocycles. The molecule has 0 radical (unpaired) electrons. The van der Waals surface area contributed by atoms with Gasteiger partial charge in [0, 0.05) is 49.2 Å². The molecule has 6 heteroatoms. The summed E-state index contributed by atoms with van der Waals surface area (Å²) in [7, 11) is 0. The van der Waals surface area contributed by atoms with Crippen molar-refractivity contribution in [1.29, 1.82) is 0 Å². The number of rotatable bonds is 6. The molecule has 0 unspecified atom stereocenters. The maximum absolute atomic E-state index is 5.37. The Bertz CT molecular complexity index is 3510. The van der Waals surface area contributed by atoms with Crippen molar-refractivity contribution in [3.8, 4) is 62.2 Å². The van der Waals surface area contributed by atoms with Crippen molar-refractivity contribution in [2.24, 2.45) is 0 Å². The molecule has 0 fully saturated rings. The lowest BCUT2D eigenvalue weighted by atomic mass is 9.99. The lowest BCUT2D eigenvalue weighted by molar-refractivity contribution is 1.07. The number of para-hydroxylation sites is 2. The van der Waals surface area contributed by atoms with Crippen molar-refractivity contribution in [1.82, 2.24) is 24.5 Å². The predicted molar refractivity (Wildman–Crippen MR) is 250 cm³/mol. The molecule has 0 aliphatic heterocycles. The van der Waals surface area contributed by atoms with Gasteiger partial charge in [0.25, 0.3) is 0 Å². The summed E-state index contributed by atoms with van der Waals surface area (Å²) in [6.45, 7) is 0. The first-order valence-corrected chi connectivity index (χ1v) is 20.9. The molecule has 0 aliphatic carbocycles. The van der Waals surface area contributed by atoms with E-state index in [1.807, 2.05) is 72.0 Å². The number of nitrogens with zero attached hydrogens (tertiary/aromatic N) is 5. The van der Waals surface area contributed by atoms with Crippen molar-refractivity contribution in [2.45, 2.75) is 0 Å². The number of fused-ring (bicyclic) bond motifs is 8. The topological polar surface area (TPSA) is 56.5 Å². The van der Waals surface area contributed by atoms with E-state index in [0.717, 1.165) is 44.6 Å². The minimum atomic E-state index is 0.639. The highest BCUT2D eigenvalue weighted by Gasteiger charge is 2.23. The third kappa shape index (κ3) is 5.61. The molecule has 280 valence electrons. The molecule has 0 atom stereocenters. The monoisotopic (exact) mass is 783 g/mol. The SMILES string of the molecule is c1ccc(-c2nc(-c3ccccc3)nc(-c3ccc(-c4ccc(-c5nc6ccccc6c6c5sc5c6c6ccccc6n5-c5cccc6ccccc56)cc4)cc3)n2)cc1. The van der Waals surface area contributed by atoms with Crippen LogP contribution in [-0.4, -0.2) is 24.5 Å². The van der Waals surface area contributed by atoms with Gasteiger partial charge in [0.2, 0.25) is 0 Å². The number of pyridine rings is 1. The number of hydrogen-bond donors (Lipinski definition) is 0. The van der Waals surface area contributed by atoms with Gasteiger partial charge in [-0.05, 0) is 34.7 Å². The van der Waals surface area contributed by atoms with Crippen LogP contribution in [0.1, 0.15) is 0 Å². The minimum absolute atomic E-state index is 0.639. The van der Waals surface area contributed by atoms with E-state index in [9.17, 15) is 0 Å². The smallest absolute Gasteiger partial charge is 0.164 e. The van der Waals surface area contributed by atoms with Crippen molar-refractivity contribution in [3.63, 3.8) is 0 Å². The van der Waals surface area contributed by atoms with E-state index in [1.165, 1.54) is 53.1 Å². The third-order valence-corrected chi connectivity index (χ3v) is 12.7. The lowest BCUT2D eigenvalue weighted by Crippen LogP contribution is -2.00. The first-order valence-electron chi connectivity index (χ1n) is 20.1. The highest BCUT2D eigenvalue weighted by atomic mass is 32.1. The summed E-state index contributed by atoms with van der Waals surface area (Å²) < 4.78 is 3.66. The first kappa shape index (κ1) is 34.3. The highest BCUT2D eigenvalue weighted by molar-refractivity contribution is 7.26. The van der Waals surface area contributed by atoms with Gasteiger partial charge in [-0.1, -0.05) is 182 Å². The van der Waals surface area contributed by atoms with Crippen LogP contribution in [0.4, 0.5) is 0 Å². The zero-order chi connectivity index (χ0) is 39.6. The van der Waals surface area contributed by atoms with Gasteiger partial charge in [0.1, 0.15) is 4.83 Å². The van der Waals surface area contributed by atoms with Gasteiger partial charge in [0.15, 0.2) is 17.5 Å². The van der Waals surface area contributed by atoms with Crippen LogP contribution in [0.25, 0.3) is 115 Å². The standard InChI is InChI=1S/C54H33N5S/c1-3-15-38(16-4-1)51-56-52(39-17-5-2-6-18-39)58-53(57-51)40-32-28-35(29-33-40)34-26-30-37(31-27-34)49-50-47(42-21-9-11-23-44(42)55-49)48-43-22-10-12-24-46(43)59(54(48)60-50)45-25-13-19-36-14-7-8-20-41(36)45/h1-33H. The van der Waals surface area contributed by atoms with E-state index in [2.05, 4.69) is 144 Å². The van der Waals surface area contributed by atoms with E-state index in [1.54, 1.807) is 0 Å². The number of aromatic nitrogens is 5. The summed E-state index contributed by atoms with van der Waals surface area (Å²) in [5.41, 5.74) is 10.5. The van der Waals surface area contributed by atoms with Gasteiger partial charge in [-0.15, -0.1) is 11.3 Å². The van der Waals surface area contributed by atoms with Crippen LogP contribution in [0.2, 0.25) is 0 Å². The van der Waals surface area contributed by atoms with E-state index in [0.29, 0.717) is 17.5 Å². The Morgan fingerprint density at radius 3 is 1.52 bits per heavy atom. The maximum Gasteiger partial charge on any atom is 0.164 e. The molecular formula is C54H33N5S. The van der Waals surface area contributed by atoms with Crippen molar-refractivity contribution in [2.75, 3.05) is 0 Å². The Labute approximate surface area is 349 Å². The van der Waals surface area contributed by atoms with Crippen molar-refractivity contribution >= 4 is 64.2 Å². The van der Waals surface area contributed by atoms with E-state index in [-0.39, 0.29) is 0 Å². The zero-order valence-electron chi connectivity index (χ0n) is 32.2. The van der Waals surface area contributed by atoms with Crippen molar-refractivity contribution < 1.29 is 0 Å². The zero-order valence-corrected chi connectivity index (χ0v) is 33.0. The molecule has 60 heavy (non-hydrogen) atoms. The largest absolute Gasteiger partial charge is 0.300 e. The molecule has 0 amide bonds. The van der Waals surface area contributed by atoms with Crippen LogP contribution in [0, 0.1) is 0 Å². The van der Waals surface area contributed by atoms with Crippen LogP contribution in [0.15, 0.2) is 200 Å². The summed E-state index contributed by atoms with van der Waals surface area (Å²) in [6, 6.07) is 70.1. The van der Waals surface area contributed by atoms with E-state index >= 15 is 0 Å². The second-order valence-corrected chi connectivity index (χ2v) is 16.0. The summed E-state index contributed by atoms with van der Waals surface area (Å²) >= 11 is 1.84. The summed E-state index contributed by atoms with van der Waals surface area (Å²) in [6.07, 6.45) is 0. The summed E-state index contributed by atoms with van der Waals surface area (Å²) in [5.74, 6) is 1.94. The van der Waals surface area contributed by atoms with Gasteiger partial charge < -0.3 is 4.57 Å². The predicted octanol–water partition coefficient (Wildman–Crippen LogP) is 14.2. The van der Waals surface area contributed by atoms with Crippen LogP contribution in [0.3, 0.4) is 0 Å². The molecular weight excluding hydrogens is 751 g/mol. The average Bonchev–Trinajstić information content (AvgIpc) is 3.87. The fourth-order valence-electron chi connectivity index (χ4n) is 8.60. The van der Waals surface area contributed by atoms with Crippen LogP contribution in [-0.2, 0) is 0 Å². The second-order valence-electron chi connectivity index (χ2n) is 15.0. The molecule has 5 nitrogen and oxygen atoms in total. The minimum Gasteiger partial charge on any atom is -0.300 e. The molecule has 0 saturated heterocycles. The van der Waals surface area contributed by atoms with Crippen LogP contribution in [0.5, 0.6) is 0 Å². The Morgan fingerprint density at radius 1 is 0.350 bits per heavy atom. The maximum atomic E-state index is 5.37. The fraction of sp³-hybridized carbons (Fsp3) is 0. The van der Waals surface area contributed by atoms with Gasteiger partial charge in [-0.25, -0.2) is 19.9 Å². The van der Waals surface area contributed by atoms with Crippen molar-refractivity contribution in [3.05, 3.63) is 200 Å². The van der Waals surface area contributed by atoms with Gasteiger partial charge >= 0.3 is 0 Å². The molecule has 0 bridgehead atoms.